The molecule has 2 rings (SSSR count). The molecule has 1 aliphatic rings. The van der Waals surface area contributed by atoms with Crippen LogP contribution < -0.4 is 5.32 Å². The van der Waals surface area contributed by atoms with E-state index in [4.69, 9.17) is 4.74 Å². The summed E-state index contributed by atoms with van der Waals surface area (Å²) in [4.78, 5) is 15.4. The molecule has 0 atom stereocenters. The zero-order valence-electron chi connectivity index (χ0n) is 8.72. The second-order valence-electron chi connectivity index (χ2n) is 3.32. The summed E-state index contributed by atoms with van der Waals surface area (Å²) in [5.74, 6) is -0.374. The van der Waals surface area contributed by atoms with Gasteiger partial charge in [-0.1, -0.05) is 30.3 Å². The third-order valence-electron chi connectivity index (χ3n) is 2.13. The van der Waals surface area contributed by atoms with Gasteiger partial charge >= 0.3 is 5.97 Å². The standard InChI is InChI=1S/C12H12N2O2/c15-12(11-8-13-6-7-14-11)16-9-10-4-2-1-3-5-10/h1-6,8,14H,7,9H2. The van der Waals surface area contributed by atoms with Gasteiger partial charge in [0.1, 0.15) is 12.3 Å². The van der Waals surface area contributed by atoms with Crippen LogP contribution in [0.25, 0.3) is 0 Å². The Morgan fingerprint density at radius 2 is 2.19 bits per heavy atom. The molecule has 0 spiro atoms. The number of aliphatic imine (C=N–C) groups is 1. The quantitative estimate of drug-likeness (QED) is 0.773. The lowest BCUT2D eigenvalue weighted by Gasteiger charge is -2.10. The highest BCUT2D eigenvalue weighted by Gasteiger charge is 2.11. The number of esters is 1. The van der Waals surface area contributed by atoms with Crippen molar-refractivity contribution in [2.75, 3.05) is 6.54 Å². The van der Waals surface area contributed by atoms with Crippen LogP contribution in [0.5, 0.6) is 0 Å². The fourth-order valence-corrected chi connectivity index (χ4v) is 1.31. The Hall–Kier alpha value is -2.10. The van der Waals surface area contributed by atoms with Gasteiger partial charge in [-0.25, -0.2) is 4.79 Å². The molecule has 0 saturated heterocycles. The largest absolute Gasteiger partial charge is 0.456 e. The van der Waals surface area contributed by atoms with Crippen molar-refractivity contribution in [3.63, 3.8) is 0 Å². The monoisotopic (exact) mass is 216 g/mol. The van der Waals surface area contributed by atoms with Crippen LogP contribution in [0.15, 0.2) is 47.2 Å². The van der Waals surface area contributed by atoms with E-state index in [9.17, 15) is 4.79 Å². The van der Waals surface area contributed by atoms with Crippen LogP contribution in [0.3, 0.4) is 0 Å². The topological polar surface area (TPSA) is 50.7 Å². The zero-order valence-corrected chi connectivity index (χ0v) is 8.72. The molecule has 1 aromatic rings. The molecule has 0 aromatic heterocycles. The molecule has 0 unspecified atom stereocenters. The summed E-state index contributed by atoms with van der Waals surface area (Å²) in [6.45, 7) is 0.842. The third kappa shape index (κ3) is 2.70. The van der Waals surface area contributed by atoms with Gasteiger partial charge in [0, 0.05) is 6.21 Å². The first kappa shape index (κ1) is 10.4. The van der Waals surface area contributed by atoms with E-state index >= 15 is 0 Å². The molecule has 0 radical (unpaired) electrons. The lowest BCUT2D eigenvalue weighted by molar-refractivity contribution is -0.140. The van der Waals surface area contributed by atoms with E-state index in [1.165, 1.54) is 6.20 Å². The Bertz CT molecular complexity index is 424. The number of nitrogens with zero attached hydrogens (tertiary/aromatic N) is 1. The van der Waals surface area contributed by atoms with Gasteiger partial charge in [0.2, 0.25) is 0 Å². The van der Waals surface area contributed by atoms with Crippen molar-refractivity contribution in [1.29, 1.82) is 0 Å². The van der Waals surface area contributed by atoms with Crippen LogP contribution in [-0.4, -0.2) is 18.7 Å². The maximum Gasteiger partial charge on any atom is 0.356 e. The highest BCUT2D eigenvalue weighted by molar-refractivity contribution is 5.89. The highest BCUT2D eigenvalue weighted by Crippen LogP contribution is 2.04. The van der Waals surface area contributed by atoms with Gasteiger partial charge in [-0.05, 0) is 5.56 Å². The van der Waals surface area contributed by atoms with Gasteiger partial charge < -0.3 is 10.1 Å². The van der Waals surface area contributed by atoms with Crippen LogP contribution in [0.2, 0.25) is 0 Å². The summed E-state index contributed by atoms with van der Waals surface area (Å²) in [7, 11) is 0. The number of carbonyl (C=O) groups excluding carboxylic acids is 1. The van der Waals surface area contributed by atoms with Gasteiger partial charge in [0.15, 0.2) is 0 Å². The van der Waals surface area contributed by atoms with Crippen molar-refractivity contribution >= 4 is 12.2 Å². The Labute approximate surface area is 93.6 Å². The molecule has 82 valence electrons. The highest BCUT2D eigenvalue weighted by atomic mass is 16.5. The van der Waals surface area contributed by atoms with Gasteiger partial charge in [0.05, 0.1) is 12.7 Å². The van der Waals surface area contributed by atoms with Gasteiger partial charge in [-0.2, -0.15) is 0 Å². The number of ether oxygens (including phenoxy) is 1. The van der Waals surface area contributed by atoms with Crippen molar-refractivity contribution in [2.24, 2.45) is 4.99 Å². The van der Waals surface area contributed by atoms with Crippen LogP contribution in [0, 0.1) is 0 Å². The van der Waals surface area contributed by atoms with Crippen molar-refractivity contribution in [3.8, 4) is 0 Å². The molecular weight excluding hydrogens is 204 g/mol. The molecule has 1 aliphatic heterocycles. The second kappa shape index (κ2) is 5.11. The van der Waals surface area contributed by atoms with E-state index in [2.05, 4.69) is 10.3 Å². The number of carbonyl (C=O) groups is 1. The number of benzene rings is 1. The molecule has 0 bridgehead atoms. The fraction of sp³-hybridized carbons (Fsp3) is 0.167. The fourth-order valence-electron chi connectivity index (χ4n) is 1.31. The number of hydrogen-bond acceptors (Lipinski definition) is 4. The molecule has 1 aromatic carbocycles. The molecule has 0 amide bonds. The Balaban J connectivity index is 1.89. The molecule has 4 nitrogen and oxygen atoms in total. The van der Waals surface area contributed by atoms with E-state index in [1.54, 1.807) is 6.21 Å². The first-order chi connectivity index (χ1) is 7.86. The van der Waals surface area contributed by atoms with E-state index < -0.39 is 0 Å². The maximum atomic E-state index is 11.5. The molecule has 0 saturated carbocycles. The Kier molecular flexibility index (Phi) is 3.33. The maximum absolute atomic E-state index is 11.5. The second-order valence-corrected chi connectivity index (χ2v) is 3.32. The Morgan fingerprint density at radius 1 is 1.38 bits per heavy atom. The zero-order chi connectivity index (χ0) is 11.2. The first-order valence-electron chi connectivity index (χ1n) is 5.03. The van der Waals surface area contributed by atoms with Crippen molar-refractivity contribution in [2.45, 2.75) is 6.61 Å². The predicted molar refractivity (Wildman–Crippen MR) is 60.8 cm³/mol. The van der Waals surface area contributed by atoms with Gasteiger partial charge in [0.25, 0.3) is 0 Å². The third-order valence-corrected chi connectivity index (χ3v) is 2.13. The van der Waals surface area contributed by atoms with E-state index in [-0.39, 0.29) is 12.6 Å². The number of rotatable bonds is 3. The van der Waals surface area contributed by atoms with Gasteiger partial charge in [-0.15, -0.1) is 0 Å². The van der Waals surface area contributed by atoms with Crippen LogP contribution in [-0.2, 0) is 16.1 Å². The molecule has 0 fully saturated rings. The molecule has 16 heavy (non-hydrogen) atoms. The van der Waals surface area contributed by atoms with E-state index in [0.717, 1.165) is 5.56 Å². The van der Waals surface area contributed by atoms with Crippen molar-refractivity contribution in [1.82, 2.24) is 5.32 Å². The first-order valence-corrected chi connectivity index (χ1v) is 5.03. The average Bonchev–Trinajstić information content (AvgIpc) is 2.38. The summed E-state index contributed by atoms with van der Waals surface area (Å²) < 4.78 is 5.12. The molecule has 1 heterocycles. The van der Waals surface area contributed by atoms with Gasteiger partial charge in [-0.3, -0.25) is 4.99 Å². The number of nitrogens with one attached hydrogen (secondary N) is 1. The summed E-state index contributed by atoms with van der Waals surface area (Å²) in [5.41, 5.74) is 1.37. The molecular formula is C12H12N2O2. The summed E-state index contributed by atoms with van der Waals surface area (Å²) in [6, 6.07) is 9.56. The van der Waals surface area contributed by atoms with E-state index in [0.29, 0.717) is 12.2 Å². The van der Waals surface area contributed by atoms with Crippen LogP contribution in [0.4, 0.5) is 0 Å². The molecule has 4 heteroatoms. The summed E-state index contributed by atoms with van der Waals surface area (Å²) in [5, 5.41) is 2.89. The lowest BCUT2D eigenvalue weighted by atomic mass is 10.2. The Morgan fingerprint density at radius 3 is 2.88 bits per heavy atom. The molecule has 0 aliphatic carbocycles. The molecule has 1 N–H and O–H groups in total. The average molecular weight is 216 g/mol. The van der Waals surface area contributed by atoms with Crippen molar-refractivity contribution < 1.29 is 9.53 Å². The predicted octanol–water partition coefficient (Wildman–Crippen LogP) is 1.25. The lowest BCUT2D eigenvalue weighted by Crippen LogP contribution is -2.25. The van der Waals surface area contributed by atoms with Crippen LogP contribution in [0.1, 0.15) is 5.56 Å². The minimum atomic E-state index is -0.374. The van der Waals surface area contributed by atoms with E-state index in [1.807, 2.05) is 30.3 Å². The normalized spacial score (nSPS) is 13.9. The summed E-state index contributed by atoms with van der Waals surface area (Å²) >= 11 is 0. The van der Waals surface area contributed by atoms with Crippen molar-refractivity contribution in [3.05, 3.63) is 47.8 Å². The summed E-state index contributed by atoms with van der Waals surface area (Å²) in [6.07, 6.45) is 3.16. The smallest absolute Gasteiger partial charge is 0.356 e. The SMILES string of the molecule is O=C(OCc1ccccc1)C1=CN=CCN1. The number of hydrogen-bond donors (Lipinski definition) is 1. The minimum Gasteiger partial charge on any atom is -0.456 e. The van der Waals surface area contributed by atoms with Crippen LogP contribution >= 0.6 is 0 Å². The minimum absolute atomic E-state index is 0.280.